The molecule has 0 saturated heterocycles. The van der Waals surface area contributed by atoms with Crippen LogP contribution in [0.5, 0.6) is 5.75 Å². The molecule has 2 N–H and O–H groups in total. The van der Waals surface area contributed by atoms with Crippen LogP contribution in [0.4, 0.5) is 35.0 Å². The maximum absolute atomic E-state index is 14.2. The molecule has 0 unspecified atom stereocenters. The molecule has 1 aliphatic carbocycles. The third-order valence-electron chi connectivity index (χ3n) is 4.19. The summed E-state index contributed by atoms with van der Waals surface area (Å²) in [6, 6.07) is 11.8. The molecular weight excluding hydrogens is 468 g/mol. The monoisotopic (exact) mass is 482 g/mol. The number of nitrogens with one attached hydrogen (secondary N) is 2. The van der Waals surface area contributed by atoms with Gasteiger partial charge in [0.1, 0.15) is 17.4 Å². The molecule has 4 rings (SSSR count). The number of anilines is 3. The van der Waals surface area contributed by atoms with Gasteiger partial charge in [-0.2, -0.15) is 4.98 Å². The molecule has 0 spiro atoms. The number of benzene rings is 2. The first-order valence-electron chi connectivity index (χ1n) is 8.99. The molecule has 0 bridgehead atoms. The molecule has 0 radical (unpaired) electrons. The number of halogens is 5. The summed E-state index contributed by atoms with van der Waals surface area (Å²) < 4.78 is 56.5. The van der Waals surface area contributed by atoms with E-state index in [2.05, 4.69) is 41.3 Å². The summed E-state index contributed by atoms with van der Waals surface area (Å²) in [4.78, 5) is 8.76. The second kappa shape index (κ2) is 8.10. The second-order valence-electron chi connectivity index (χ2n) is 6.71. The lowest BCUT2D eigenvalue weighted by Gasteiger charge is -2.13. The summed E-state index contributed by atoms with van der Waals surface area (Å²) >= 11 is 3.20. The number of ether oxygens (including phenoxy) is 1. The Bertz CT molecular complexity index is 1070. The van der Waals surface area contributed by atoms with Gasteiger partial charge in [-0.25, -0.2) is 9.37 Å². The largest absolute Gasteiger partial charge is 0.573 e. The van der Waals surface area contributed by atoms with Gasteiger partial charge in [0.2, 0.25) is 5.95 Å². The van der Waals surface area contributed by atoms with Crippen molar-refractivity contribution in [1.82, 2.24) is 9.97 Å². The zero-order valence-corrected chi connectivity index (χ0v) is 16.9. The smallest absolute Gasteiger partial charge is 0.406 e. The molecule has 3 aromatic rings. The first kappa shape index (κ1) is 20.4. The van der Waals surface area contributed by atoms with Gasteiger partial charge in [0, 0.05) is 22.1 Å². The van der Waals surface area contributed by atoms with Gasteiger partial charge in [-0.05, 0) is 43.2 Å². The fourth-order valence-electron chi connectivity index (χ4n) is 2.72. The highest BCUT2D eigenvalue weighted by atomic mass is 79.9. The van der Waals surface area contributed by atoms with Crippen LogP contribution in [0.3, 0.4) is 0 Å². The fraction of sp³-hybridized carbons (Fsp3) is 0.200. The number of hydrogen-bond donors (Lipinski definition) is 2. The van der Waals surface area contributed by atoms with Gasteiger partial charge >= 0.3 is 6.36 Å². The van der Waals surface area contributed by atoms with Crippen molar-refractivity contribution in [2.24, 2.45) is 0 Å². The van der Waals surface area contributed by atoms with Crippen LogP contribution in [0.15, 0.2) is 53.0 Å². The van der Waals surface area contributed by atoms with Crippen LogP contribution in [0.2, 0.25) is 0 Å². The SMILES string of the molecule is Fc1cc(Br)ccc1Nc1cc(-c2cccc(OC(F)(F)F)c2)nc(NC2CC2)n1. The minimum absolute atomic E-state index is 0.203. The van der Waals surface area contributed by atoms with E-state index in [0.29, 0.717) is 27.5 Å². The molecule has 0 aliphatic heterocycles. The van der Waals surface area contributed by atoms with Crippen LogP contribution < -0.4 is 15.4 Å². The summed E-state index contributed by atoms with van der Waals surface area (Å²) in [5, 5.41) is 6.05. The van der Waals surface area contributed by atoms with Gasteiger partial charge in [0.05, 0.1) is 11.4 Å². The highest BCUT2D eigenvalue weighted by Gasteiger charge is 2.31. The molecule has 0 amide bonds. The Morgan fingerprint density at radius 2 is 1.83 bits per heavy atom. The lowest BCUT2D eigenvalue weighted by atomic mass is 10.1. The number of nitrogens with zero attached hydrogens (tertiary/aromatic N) is 2. The van der Waals surface area contributed by atoms with Gasteiger partial charge in [-0.3, -0.25) is 0 Å². The van der Waals surface area contributed by atoms with E-state index >= 15 is 0 Å². The Morgan fingerprint density at radius 3 is 2.53 bits per heavy atom. The molecule has 5 nitrogen and oxygen atoms in total. The molecular formula is C20H15BrF4N4O. The summed E-state index contributed by atoms with van der Waals surface area (Å²) in [6.45, 7) is 0. The van der Waals surface area contributed by atoms with Crippen molar-refractivity contribution in [2.45, 2.75) is 25.2 Å². The van der Waals surface area contributed by atoms with Crippen LogP contribution in [0.25, 0.3) is 11.3 Å². The van der Waals surface area contributed by atoms with Crippen LogP contribution in [0, 0.1) is 5.82 Å². The van der Waals surface area contributed by atoms with Crippen molar-refractivity contribution in [3.05, 3.63) is 58.8 Å². The zero-order valence-electron chi connectivity index (χ0n) is 15.3. The van der Waals surface area contributed by atoms with Gasteiger partial charge in [-0.1, -0.05) is 28.1 Å². The molecule has 1 fully saturated rings. The lowest BCUT2D eigenvalue weighted by Crippen LogP contribution is -2.17. The maximum atomic E-state index is 14.2. The Hall–Kier alpha value is -2.88. The molecule has 0 atom stereocenters. The van der Waals surface area contributed by atoms with E-state index < -0.39 is 12.2 Å². The van der Waals surface area contributed by atoms with Crippen molar-refractivity contribution < 1.29 is 22.3 Å². The Labute approximate surface area is 177 Å². The van der Waals surface area contributed by atoms with Crippen LogP contribution in [-0.4, -0.2) is 22.4 Å². The molecule has 156 valence electrons. The minimum Gasteiger partial charge on any atom is -0.406 e. The van der Waals surface area contributed by atoms with Gasteiger partial charge in [-0.15, -0.1) is 13.2 Å². The van der Waals surface area contributed by atoms with E-state index in [0.717, 1.165) is 12.8 Å². The van der Waals surface area contributed by atoms with E-state index in [1.807, 2.05) is 0 Å². The van der Waals surface area contributed by atoms with Crippen LogP contribution >= 0.6 is 15.9 Å². The van der Waals surface area contributed by atoms with E-state index in [1.54, 1.807) is 18.2 Å². The third kappa shape index (κ3) is 5.38. The summed E-state index contributed by atoms with van der Waals surface area (Å²) in [5.74, 6) is -0.241. The molecule has 1 saturated carbocycles. The van der Waals surface area contributed by atoms with Gasteiger partial charge in [0.15, 0.2) is 0 Å². The van der Waals surface area contributed by atoms with E-state index in [1.165, 1.54) is 30.3 Å². The second-order valence-corrected chi connectivity index (χ2v) is 7.62. The van der Waals surface area contributed by atoms with Gasteiger partial charge in [0.25, 0.3) is 0 Å². The first-order chi connectivity index (χ1) is 14.2. The highest BCUT2D eigenvalue weighted by Crippen LogP contribution is 2.31. The first-order valence-corrected chi connectivity index (χ1v) is 9.78. The number of aromatic nitrogens is 2. The van der Waals surface area contributed by atoms with Crippen molar-refractivity contribution in [2.75, 3.05) is 10.6 Å². The van der Waals surface area contributed by atoms with Crippen molar-refractivity contribution in [1.29, 1.82) is 0 Å². The molecule has 2 aromatic carbocycles. The Kier molecular flexibility index (Phi) is 5.50. The normalized spacial score (nSPS) is 13.8. The molecule has 1 heterocycles. The zero-order chi connectivity index (χ0) is 21.3. The standard InChI is InChI=1S/C20H15BrF4N4O/c21-12-4-7-16(15(22)9-12)27-18-10-17(28-19(29-18)26-13-5-6-13)11-2-1-3-14(8-11)30-20(23,24)25/h1-4,7-10,13H,5-6H2,(H2,26,27,28,29). The average Bonchev–Trinajstić information content (AvgIpc) is 3.47. The van der Waals surface area contributed by atoms with E-state index in [9.17, 15) is 17.6 Å². The molecule has 1 aliphatic rings. The van der Waals surface area contributed by atoms with Crippen molar-refractivity contribution >= 4 is 33.4 Å². The Balaban J connectivity index is 1.68. The van der Waals surface area contributed by atoms with Gasteiger partial charge < -0.3 is 15.4 Å². The number of alkyl halides is 3. The minimum atomic E-state index is -4.80. The molecule has 30 heavy (non-hydrogen) atoms. The van der Waals surface area contributed by atoms with Crippen LogP contribution in [-0.2, 0) is 0 Å². The van der Waals surface area contributed by atoms with Crippen LogP contribution in [0.1, 0.15) is 12.8 Å². The third-order valence-corrected chi connectivity index (χ3v) is 4.69. The Morgan fingerprint density at radius 1 is 1.03 bits per heavy atom. The topological polar surface area (TPSA) is 59.1 Å². The number of rotatable bonds is 6. The average molecular weight is 483 g/mol. The molecule has 1 aromatic heterocycles. The number of hydrogen-bond acceptors (Lipinski definition) is 5. The van der Waals surface area contributed by atoms with E-state index in [4.69, 9.17) is 0 Å². The molecule has 10 heteroatoms. The summed E-state index contributed by atoms with van der Waals surface area (Å²) in [7, 11) is 0. The lowest BCUT2D eigenvalue weighted by molar-refractivity contribution is -0.274. The quantitative estimate of drug-likeness (QED) is 0.406. The van der Waals surface area contributed by atoms with Crippen molar-refractivity contribution in [3.63, 3.8) is 0 Å². The highest BCUT2D eigenvalue weighted by molar-refractivity contribution is 9.10. The maximum Gasteiger partial charge on any atom is 0.573 e. The fourth-order valence-corrected chi connectivity index (χ4v) is 3.05. The van der Waals surface area contributed by atoms with E-state index in [-0.39, 0.29) is 17.5 Å². The predicted octanol–water partition coefficient (Wildman–Crippen LogP) is 6.26. The van der Waals surface area contributed by atoms with Crippen molar-refractivity contribution in [3.8, 4) is 17.0 Å². The summed E-state index contributed by atoms with van der Waals surface area (Å²) in [6.07, 6.45) is -2.84. The predicted molar refractivity (Wildman–Crippen MR) is 108 cm³/mol. The summed E-state index contributed by atoms with van der Waals surface area (Å²) in [5.41, 5.74) is 0.965.